The highest BCUT2D eigenvalue weighted by Gasteiger charge is 2.32. The third-order valence-corrected chi connectivity index (χ3v) is 7.49. The molecule has 0 atom stereocenters. The first kappa shape index (κ1) is 24.2. The molecule has 2 fully saturated rings. The number of fused-ring (bicyclic) bond motifs is 1. The Bertz CT molecular complexity index is 1240. The van der Waals surface area contributed by atoms with E-state index in [2.05, 4.69) is 15.6 Å². The molecule has 2 aromatic rings. The number of aryl methyl sites for hydroxylation is 1. The summed E-state index contributed by atoms with van der Waals surface area (Å²) in [5, 5.41) is 5.89. The summed E-state index contributed by atoms with van der Waals surface area (Å²) in [7, 11) is 0. The van der Waals surface area contributed by atoms with Crippen molar-refractivity contribution in [3.63, 3.8) is 0 Å². The van der Waals surface area contributed by atoms with E-state index in [0.717, 1.165) is 31.2 Å². The lowest BCUT2D eigenvalue weighted by Crippen LogP contribution is -2.46. The highest BCUT2D eigenvalue weighted by Crippen LogP contribution is 2.34. The molecule has 9 heteroatoms. The predicted molar refractivity (Wildman–Crippen MR) is 134 cm³/mol. The molecule has 8 nitrogen and oxygen atoms in total. The number of amides is 3. The van der Waals surface area contributed by atoms with Gasteiger partial charge in [0.2, 0.25) is 5.91 Å². The van der Waals surface area contributed by atoms with Gasteiger partial charge in [-0.1, -0.05) is 0 Å². The summed E-state index contributed by atoms with van der Waals surface area (Å²) in [6.07, 6.45) is 4.70. The van der Waals surface area contributed by atoms with E-state index < -0.39 is 5.82 Å². The van der Waals surface area contributed by atoms with Crippen LogP contribution < -0.4 is 10.6 Å². The first-order valence-corrected chi connectivity index (χ1v) is 12.5. The lowest BCUT2D eigenvalue weighted by Gasteiger charge is -2.34. The van der Waals surface area contributed by atoms with Crippen molar-refractivity contribution in [1.82, 2.24) is 15.2 Å². The highest BCUT2D eigenvalue weighted by atomic mass is 19.1. The van der Waals surface area contributed by atoms with Gasteiger partial charge < -0.3 is 25.3 Å². The number of rotatable bonds is 4. The number of anilines is 1. The van der Waals surface area contributed by atoms with Crippen LogP contribution in [0.1, 0.15) is 58.6 Å². The molecule has 1 aromatic heterocycles. The van der Waals surface area contributed by atoms with Crippen molar-refractivity contribution in [2.45, 2.75) is 45.6 Å². The first-order valence-electron chi connectivity index (χ1n) is 12.5. The van der Waals surface area contributed by atoms with Gasteiger partial charge in [0, 0.05) is 47.7 Å². The van der Waals surface area contributed by atoms with Gasteiger partial charge in [-0.15, -0.1) is 0 Å². The number of aromatic amines is 1. The number of nitrogens with zero attached hydrogens (tertiary/aromatic N) is 1. The van der Waals surface area contributed by atoms with Gasteiger partial charge in [0.25, 0.3) is 11.8 Å². The third-order valence-electron chi connectivity index (χ3n) is 7.49. The average Bonchev–Trinajstić information content (AvgIpc) is 3.33. The predicted octanol–water partition coefficient (Wildman–Crippen LogP) is 3.41. The normalized spacial score (nSPS) is 22.9. The Morgan fingerprint density at radius 3 is 2.58 bits per heavy atom. The van der Waals surface area contributed by atoms with Crippen LogP contribution in [0.2, 0.25) is 0 Å². The minimum Gasteiger partial charge on any atom is -0.378 e. The van der Waals surface area contributed by atoms with Gasteiger partial charge in [-0.25, -0.2) is 4.39 Å². The number of halogens is 1. The molecule has 3 amide bonds. The zero-order valence-electron chi connectivity index (χ0n) is 20.6. The van der Waals surface area contributed by atoms with Crippen LogP contribution in [-0.4, -0.2) is 60.0 Å². The number of aromatic nitrogens is 1. The molecular weight excluding hydrogens is 463 g/mol. The van der Waals surface area contributed by atoms with Crippen LogP contribution in [0.3, 0.4) is 0 Å². The summed E-state index contributed by atoms with van der Waals surface area (Å²) >= 11 is 0. The van der Waals surface area contributed by atoms with Crippen LogP contribution >= 0.6 is 0 Å². The molecule has 0 radical (unpaired) electrons. The second-order valence-corrected chi connectivity index (χ2v) is 9.83. The second-order valence-electron chi connectivity index (χ2n) is 9.83. The molecule has 190 valence electrons. The largest absolute Gasteiger partial charge is 0.378 e. The molecule has 1 saturated heterocycles. The maximum absolute atomic E-state index is 13.8. The average molecular weight is 495 g/mol. The van der Waals surface area contributed by atoms with Gasteiger partial charge >= 0.3 is 0 Å². The summed E-state index contributed by atoms with van der Waals surface area (Å²) in [6.45, 7) is 6.16. The highest BCUT2D eigenvalue weighted by molar-refractivity contribution is 6.34. The zero-order valence-corrected chi connectivity index (χ0v) is 20.6. The molecule has 3 N–H and O–H groups in total. The van der Waals surface area contributed by atoms with E-state index in [4.69, 9.17) is 4.74 Å². The number of H-pyrrole nitrogens is 1. The molecule has 36 heavy (non-hydrogen) atoms. The number of carbonyl (C=O) groups excluding carboxylic acids is 3. The van der Waals surface area contributed by atoms with E-state index in [1.165, 1.54) is 12.1 Å². The molecule has 2 aliphatic heterocycles. The SMILES string of the molecule is Cc1[nH]c(C=C2C(=O)Nc3ccc(F)cc32)c(C)c1C(=O)NC1CCC(C(=O)N2CCOCC2)CC1. The standard InChI is InChI=1S/C27H31FN4O4/c1-15-23(14-21-20-13-18(28)5-8-22(20)31-25(21)33)29-16(2)24(15)26(34)30-19-6-3-17(4-7-19)27(35)32-9-11-36-12-10-32/h5,8,13-14,17,19,29H,3-4,6-7,9-12H2,1-2H3,(H,30,34)(H,31,33). The van der Waals surface area contributed by atoms with E-state index >= 15 is 0 Å². The fraction of sp³-hybridized carbons (Fsp3) is 0.444. The van der Waals surface area contributed by atoms with Crippen LogP contribution in [0.5, 0.6) is 0 Å². The maximum atomic E-state index is 13.8. The number of benzene rings is 1. The fourth-order valence-corrected chi connectivity index (χ4v) is 5.49. The van der Waals surface area contributed by atoms with Gasteiger partial charge in [-0.2, -0.15) is 0 Å². The summed E-state index contributed by atoms with van der Waals surface area (Å²) in [4.78, 5) is 43.6. The Balaban J connectivity index is 1.25. The molecule has 0 spiro atoms. The third kappa shape index (κ3) is 4.67. The zero-order chi connectivity index (χ0) is 25.4. The molecule has 3 heterocycles. The lowest BCUT2D eigenvalue weighted by molar-refractivity contribution is -0.140. The van der Waals surface area contributed by atoms with E-state index in [0.29, 0.717) is 60.1 Å². The summed E-state index contributed by atoms with van der Waals surface area (Å²) in [5.74, 6) is -0.684. The Morgan fingerprint density at radius 2 is 1.86 bits per heavy atom. The summed E-state index contributed by atoms with van der Waals surface area (Å²) < 4.78 is 19.1. The van der Waals surface area contributed by atoms with Gasteiger partial charge in [-0.05, 0) is 69.4 Å². The molecule has 3 aliphatic rings. The number of morpholine rings is 1. The minimum absolute atomic E-state index is 0.00971. The fourth-order valence-electron chi connectivity index (χ4n) is 5.49. The quantitative estimate of drug-likeness (QED) is 0.567. The number of carbonyl (C=O) groups is 3. The molecule has 5 rings (SSSR count). The van der Waals surface area contributed by atoms with Gasteiger partial charge in [-0.3, -0.25) is 14.4 Å². The monoisotopic (exact) mass is 494 g/mol. The van der Waals surface area contributed by atoms with Gasteiger partial charge in [0.15, 0.2) is 0 Å². The molecule has 1 saturated carbocycles. The topological polar surface area (TPSA) is 104 Å². The molecule has 0 bridgehead atoms. The molecule has 0 unspecified atom stereocenters. The van der Waals surface area contributed by atoms with E-state index in [9.17, 15) is 18.8 Å². The maximum Gasteiger partial charge on any atom is 0.256 e. The van der Waals surface area contributed by atoms with Crippen LogP contribution in [0.25, 0.3) is 11.6 Å². The van der Waals surface area contributed by atoms with Gasteiger partial charge in [0.05, 0.1) is 24.4 Å². The minimum atomic E-state index is -0.419. The van der Waals surface area contributed by atoms with Crippen molar-refractivity contribution in [2.24, 2.45) is 5.92 Å². The lowest BCUT2D eigenvalue weighted by atomic mass is 9.85. The Hall–Kier alpha value is -3.46. The van der Waals surface area contributed by atoms with Crippen molar-refractivity contribution in [1.29, 1.82) is 0 Å². The van der Waals surface area contributed by atoms with Crippen LogP contribution in [0.15, 0.2) is 18.2 Å². The van der Waals surface area contributed by atoms with Gasteiger partial charge in [0.1, 0.15) is 5.82 Å². The van der Waals surface area contributed by atoms with Crippen molar-refractivity contribution in [3.05, 3.63) is 52.1 Å². The number of hydrogen-bond donors (Lipinski definition) is 3. The van der Waals surface area contributed by atoms with Crippen molar-refractivity contribution < 1.29 is 23.5 Å². The second kappa shape index (κ2) is 9.89. The molecule has 1 aromatic carbocycles. The van der Waals surface area contributed by atoms with Crippen molar-refractivity contribution >= 4 is 35.1 Å². The van der Waals surface area contributed by atoms with E-state index in [1.807, 2.05) is 18.7 Å². The van der Waals surface area contributed by atoms with Crippen molar-refractivity contribution in [3.8, 4) is 0 Å². The summed E-state index contributed by atoms with van der Waals surface area (Å²) in [5.41, 5.74) is 4.03. The summed E-state index contributed by atoms with van der Waals surface area (Å²) in [6, 6.07) is 4.19. The Morgan fingerprint density at radius 1 is 1.14 bits per heavy atom. The number of hydrogen-bond acceptors (Lipinski definition) is 4. The van der Waals surface area contributed by atoms with Crippen LogP contribution in [0.4, 0.5) is 10.1 Å². The number of nitrogens with one attached hydrogen (secondary N) is 3. The smallest absolute Gasteiger partial charge is 0.256 e. The molecule has 1 aliphatic carbocycles. The Labute approximate surface area is 209 Å². The van der Waals surface area contributed by atoms with Crippen LogP contribution in [0, 0.1) is 25.6 Å². The van der Waals surface area contributed by atoms with Crippen LogP contribution in [-0.2, 0) is 14.3 Å². The first-order chi connectivity index (χ1) is 17.3. The Kier molecular flexibility index (Phi) is 6.66. The molecular formula is C27H31FN4O4. The van der Waals surface area contributed by atoms with Crippen molar-refractivity contribution in [2.75, 3.05) is 31.6 Å². The van der Waals surface area contributed by atoms with E-state index in [-0.39, 0.29) is 29.7 Å². The van der Waals surface area contributed by atoms with E-state index in [1.54, 1.807) is 12.1 Å². The number of ether oxygens (including phenoxy) is 1.